The quantitative estimate of drug-likeness (QED) is 0.713. The van der Waals surface area contributed by atoms with E-state index in [4.69, 9.17) is 0 Å². The lowest BCUT2D eigenvalue weighted by molar-refractivity contribution is -0.126. The van der Waals surface area contributed by atoms with Crippen molar-refractivity contribution in [1.29, 1.82) is 0 Å². The number of halogens is 1. The van der Waals surface area contributed by atoms with Gasteiger partial charge in [-0.1, -0.05) is 49.2 Å². The Hall–Kier alpha value is -3.02. The maximum absolute atomic E-state index is 13.3. The minimum Gasteiger partial charge on any atom is -0.351 e. The van der Waals surface area contributed by atoms with Gasteiger partial charge in [0.1, 0.15) is 18.5 Å². The lowest BCUT2D eigenvalue weighted by Gasteiger charge is -2.28. The smallest absolute Gasteiger partial charge is 0.230 e. The van der Waals surface area contributed by atoms with Gasteiger partial charge in [-0.15, -0.1) is 0 Å². The molecule has 3 aromatic rings. The number of nitrogens with zero attached hydrogens (tertiary/aromatic N) is 3. The summed E-state index contributed by atoms with van der Waals surface area (Å²) in [6.07, 6.45) is 6.85. The standard InChI is InChI=1S/C22H23FN4O/c23-20-9-7-19(8-10-20)22(11-1-2-12-22)21(28)25-13-17-3-5-18(6-4-17)14-27-16-24-15-26-27/h3-10,15-16H,1-2,11-14H2,(H,25,28). The summed E-state index contributed by atoms with van der Waals surface area (Å²) in [6.45, 7) is 1.14. The van der Waals surface area contributed by atoms with Crippen molar-refractivity contribution in [3.63, 3.8) is 0 Å². The molecule has 0 atom stereocenters. The summed E-state index contributed by atoms with van der Waals surface area (Å²) in [5.41, 5.74) is 2.54. The predicted molar refractivity (Wildman–Crippen MR) is 104 cm³/mol. The van der Waals surface area contributed by atoms with Crippen LogP contribution in [0.4, 0.5) is 4.39 Å². The van der Waals surface area contributed by atoms with E-state index in [0.29, 0.717) is 13.1 Å². The summed E-state index contributed by atoms with van der Waals surface area (Å²) < 4.78 is 15.1. The lowest BCUT2D eigenvalue weighted by Crippen LogP contribution is -2.42. The van der Waals surface area contributed by atoms with Gasteiger partial charge < -0.3 is 5.32 Å². The second-order valence-corrected chi connectivity index (χ2v) is 7.39. The van der Waals surface area contributed by atoms with E-state index in [2.05, 4.69) is 15.4 Å². The highest BCUT2D eigenvalue weighted by Crippen LogP contribution is 2.41. The minimum absolute atomic E-state index is 0.0308. The van der Waals surface area contributed by atoms with E-state index in [9.17, 15) is 9.18 Å². The molecule has 1 aliphatic rings. The molecule has 28 heavy (non-hydrogen) atoms. The summed E-state index contributed by atoms with van der Waals surface area (Å²) in [7, 11) is 0. The van der Waals surface area contributed by atoms with Crippen molar-refractivity contribution in [1.82, 2.24) is 20.1 Å². The van der Waals surface area contributed by atoms with E-state index >= 15 is 0 Å². The number of aromatic nitrogens is 3. The van der Waals surface area contributed by atoms with Crippen molar-refractivity contribution >= 4 is 5.91 Å². The first-order valence-corrected chi connectivity index (χ1v) is 9.60. The number of benzene rings is 2. The summed E-state index contributed by atoms with van der Waals surface area (Å²) in [5.74, 6) is -0.244. The first-order chi connectivity index (χ1) is 13.7. The second-order valence-electron chi connectivity index (χ2n) is 7.39. The summed E-state index contributed by atoms with van der Waals surface area (Å²) in [5, 5.41) is 7.20. The van der Waals surface area contributed by atoms with Gasteiger partial charge in [-0.05, 0) is 41.7 Å². The van der Waals surface area contributed by atoms with Crippen LogP contribution in [0.25, 0.3) is 0 Å². The topological polar surface area (TPSA) is 59.8 Å². The summed E-state index contributed by atoms with van der Waals surface area (Å²) in [6, 6.07) is 14.5. The average Bonchev–Trinajstić information content (AvgIpc) is 3.40. The molecule has 0 saturated heterocycles. The first kappa shape index (κ1) is 18.3. The third kappa shape index (κ3) is 3.81. The van der Waals surface area contributed by atoms with Crippen LogP contribution in [0.15, 0.2) is 61.2 Å². The number of carbonyl (C=O) groups excluding carboxylic acids is 1. The van der Waals surface area contributed by atoms with Gasteiger partial charge in [0.25, 0.3) is 0 Å². The number of nitrogens with one attached hydrogen (secondary N) is 1. The van der Waals surface area contributed by atoms with Crippen molar-refractivity contribution < 1.29 is 9.18 Å². The molecular formula is C22H23FN4O. The fraction of sp³-hybridized carbons (Fsp3) is 0.318. The van der Waals surface area contributed by atoms with Crippen molar-refractivity contribution in [3.8, 4) is 0 Å². The third-order valence-electron chi connectivity index (χ3n) is 5.58. The molecule has 5 nitrogen and oxygen atoms in total. The van der Waals surface area contributed by atoms with Crippen LogP contribution in [-0.4, -0.2) is 20.7 Å². The minimum atomic E-state index is -0.541. The van der Waals surface area contributed by atoms with Crippen LogP contribution in [0, 0.1) is 5.82 Å². The van der Waals surface area contributed by atoms with Gasteiger partial charge in [-0.3, -0.25) is 4.79 Å². The van der Waals surface area contributed by atoms with Gasteiger partial charge in [0.2, 0.25) is 5.91 Å². The zero-order valence-electron chi connectivity index (χ0n) is 15.6. The molecule has 1 fully saturated rings. The molecule has 1 heterocycles. The van der Waals surface area contributed by atoms with Crippen LogP contribution in [0.1, 0.15) is 42.4 Å². The normalized spacial score (nSPS) is 15.5. The Morgan fingerprint density at radius 1 is 1.04 bits per heavy atom. The number of hydrogen-bond acceptors (Lipinski definition) is 3. The van der Waals surface area contributed by atoms with E-state index < -0.39 is 5.41 Å². The van der Waals surface area contributed by atoms with Gasteiger partial charge in [0, 0.05) is 6.54 Å². The van der Waals surface area contributed by atoms with Crippen molar-refractivity contribution in [2.24, 2.45) is 0 Å². The monoisotopic (exact) mass is 378 g/mol. The Morgan fingerprint density at radius 3 is 2.36 bits per heavy atom. The number of rotatable bonds is 6. The molecule has 0 radical (unpaired) electrons. The molecule has 144 valence electrons. The number of hydrogen-bond donors (Lipinski definition) is 1. The van der Waals surface area contributed by atoms with Gasteiger partial charge in [-0.25, -0.2) is 14.1 Å². The molecule has 0 spiro atoms. The lowest BCUT2D eigenvalue weighted by atomic mass is 9.78. The van der Waals surface area contributed by atoms with Gasteiger partial charge >= 0.3 is 0 Å². The van der Waals surface area contributed by atoms with Crippen LogP contribution >= 0.6 is 0 Å². The Morgan fingerprint density at radius 2 is 1.71 bits per heavy atom. The van der Waals surface area contributed by atoms with Gasteiger partial charge in [0.05, 0.1) is 12.0 Å². The van der Waals surface area contributed by atoms with Gasteiger partial charge in [-0.2, -0.15) is 5.10 Å². The van der Waals surface area contributed by atoms with Crippen molar-refractivity contribution in [2.45, 2.75) is 44.2 Å². The molecule has 1 aliphatic carbocycles. The van der Waals surface area contributed by atoms with E-state index in [0.717, 1.165) is 42.4 Å². The largest absolute Gasteiger partial charge is 0.351 e. The predicted octanol–water partition coefficient (Wildman–Crippen LogP) is 3.59. The average molecular weight is 378 g/mol. The zero-order valence-corrected chi connectivity index (χ0v) is 15.6. The highest BCUT2D eigenvalue weighted by Gasteiger charge is 2.42. The van der Waals surface area contributed by atoms with Gasteiger partial charge in [0.15, 0.2) is 0 Å². The van der Waals surface area contributed by atoms with E-state index in [1.165, 1.54) is 18.5 Å². The summed E-state index contributed by atoms with van der Waals surface area (Å²) in [4.78, 5) is 17.0. The highest BCUT2D eigenvalue weighted by atomic mass is 19.1. The molecule has 1 N–H and O–H groups in total. The van der Waals surface area contributed by atoms with Crippen LogP contribution in [0.5, 0.6) is 0 Å². The Kier molecular flexibility index (Phi) is 5.19. The van der Waals surface area contributed by atoms with Crippen LogP contribution in [-0.2, 0) is 23.3 Å². The molecule has 0 aliphatic heterocycles. The Balaban J connectivity index is 1.41. The second kappa shape index (κ2) is 7.92. The van der Waals surface area contributed by atoms with Crippen LogP contribution in [0.3, 0.4) is 0 Å². The number of carbonyl (C=O) groups is 1. The van der Waals surface area contributed by atoms with Crippen LogP contribution in [0.2, 0.25) is 0 Å². The van der Waals surface area contributed by atoms with Crippen LogP contribution < -0.4 is 5.32 Å². The maximum Gasteiger partial charge on any atom is 0.230 e. The Labute approximate surface area is 163 Å². The summed E-state index contributed by atoms with van der Waals surface area (Å²) >= 11 is 0. The maximum atomic E-state index is 13.3. The molecule has 6 heteroatoms. The first-order valence-electron chi connectivity index (χ1n) is 9.60. The van der Waals surface area contributed by atoms with E-state index in [-0.39, 0.29) is 11.7 Å². The molecular weight excluding hydrogens is 355 g/mol. The fourth-order valence-electron chi connectivity index (χ4n) is 4.01. The fourth-order valence-corrected chi connectivity index (χ4v) is 4.01. The zero-order chi connectivity index (χ0) is 19.4. The molecule has 4 rings (SSSR count). The van der Waals surface area contributed by atoms with Crippen molar-refractivity contribution in [3.05, 3.63) is 83.7 Å². The van der Waals surface area contributed by atoms with E-state index in [1.807, 2.05) is 24.3 Å². The van der Waals surface area contributed by atoms with E-state index in [1.54, 1.807) is 23.1 Å². The molecule has 0 bridgehead atoms. The third-order valence-corrected chi connectivity index (χ3v) is 5.58. The highest BCUT2D eigenvalue weighted by molar-refractivity contribution is 5.88. The van der Waals surface area contributed by atoms with Crippen molar-refractivity contribution in [2.75, 3.05) is 0 Å². The number of amides is 1. The molecule has 0 unspecified atom stereocenters. The SMILES string of the molecule is O=C(NCc1ccc(Cn2cncn2)cc1)C1(c2ccc(F)cc2)CCCC1. The molecule has 2 aromatic carbocycles. The Bertz CT molecular complexity index is 914. The molecule has 1 saturated carbocycles. The molecule has 1 aromatic heterocycles. The molecule has 1 amide bonds.